The first-order valence-corrected chi connectivity index (χ1v) is 6.73. The summed E-state index contributed by atoms with van der Waals surface area (Å²) in [6.45, 7) is 2.72. The highest BCUT2D eigenvalue weighted by atomic mass is 16.3. The maximum Gasteiger partial charge on any atom is 0.0941 e. The number of rotatable bonds is 1. The lowest BCUT2D eigenvalue weighted by Gasteiger charge is -2.45. The van der Waals surface area contributed by atoms with E-state index in [4.69, 9.17) is 0 Å². The highest BCUT2D eigenvalue weighted by Gasteiger charge is 2.51. The molecular formula is C13H24NO+. The Balaban J connectivity index is 1.81. The van der Waals surface area contributed by atoms with Crippen molar-refractivity contribution < 1.29 is 9.59 Å². The summed E-state index contributed by atoms with van der Waals surface area (Å²) in [7, 11) is 2.43. The normalized spacial score (nSPS) is 48.4. The van der Waals surface area contributed by atoms with Crippen molar-refractivity contribution in [2.75, 3.05) is 20.1 Å². The summed E-state index contributed by atoms with van der Waals surface area (Å²) in [5.41, 5.74) is 0. The lowest BCUT2D eigenvalue weighted by molar-refractivity contribution is -0.927. The van der Waals surface area contributed by atoms with Gasteiger partial charge in [-0.1, -0.05) is 0 Å². The number of nitrogens with zero attached hydrogens (tertiary/aromatic N) is 1. The Labute approximate surface area is 92.9 Å². The second kappa shape index (κ2) is 3.46. The lowest BCUT2D eigenvalue weighted by atomic mass is 9.80. The molecule has 4 atom stereocenters. The molecule has 0 radical (unpaired) electrons. The Morgan fingerprint density at radius 2 is 1.67 bits per heavy atom. The predicted octanol–water partition coefficient (Wildman–Crippen LogP) is 1.78. The van der Waals surface area contributed by atoms with Crippen LogP contribution in [0.15, 0.2) is 0 Å². The summed E-state index contributed by atoms with van der Waals surface area (Å²) in [5.74, 6) is 1.28. The quantitative estimate of drug-likeness (QED) is 0.654. The molecule has 3 fully saturated rings. The van der Waals surface area contributed by atoms with Crippen LogP contribution in [-0.4, -0.2) is 41.9 Å². The Hall–Kier alpha value is -0.0800. The van der Waals surface area contributed by atoms with Gasteiger partial charge in [-0.3, -0.25) is 0 Å². The monoisotopic (exact) mass is 210 g/mol. The first-order valence-electron chi connectivity index (χ1n) is 6.73. The van der Waals surface area contributed by atoms with Gasteiger partial charge in [0.05, 0.1) is 32.3 Å². The molecule has 2 bridgehead atoms. The standard InChI is InChI=1S/C13H24NO/c1-14(8-2-3-9-14)12-7-5-10-4-6-11(12)13(10)15/h10-13,15H,2-9H2,1H3/q+1/t10-,11+,12+,13-/m0/s1. The number of aliphatic hydroxyl groups is 1. The van der Waals surface area contributed by atoms with Crippen LogP contribution in [0.2, 0.25) is 0 Å². The van der Waals surface area contributed by atoms with Crippen molar-refractivity contribution in [2.45, 2.75) is 50.7 Å². The summed E-state index contributed by atoms with van der Waals surface area (Å²) in [6, 6.07) is 0.779. The molecule has 2 saturated carbocycles. The molecule has 1 N–H and O–H groups in total. The summed E-state index contributed by atoms with van der Waals surface area (Å²) in [5, 5.41) is 10.2. The molecule has 1 aliphatic heterocycles. The molecule has 0 amide bonds. The average molecular weight is 210 g/mol. The van der Waals surface area contributed by atoms with Crippen LogP contribution in [0.3, 0.4) is 0 Å². The molecule has 1 heterocycles. The summed E-state index contributed by atoms with van der Waals surface area (Å²) < 4.78 is 1.27. The summed E-state index contributed by atoms with van der Waals surface area (Å²) >= 11 is 0. The Morgan fingerprint density at radius 1 is 1.00 bits per heavy atom. The molecule has 0 spiro atoms. The minimum Gasteiger partial charge on any atom is -0.392 e. The van der Waals surface area contributed by atoms with Crippen LogP contribution in [0, 0.1) is 11.8 Å². The molecule has 2 aliphatic carbocycles. The van der Waals surface area contributed by atoms with Crippen LogP contribution in [0.1, 0.15) is 38.5 Å². The van der Waals surface area contributed by atoms with Crippen LogP contribution in [-0.2, 0) is 0 Å². The first-order chi connectivity index (χ1) is 7.21. The van der Waals surface area contributed by atoms with Crippen molar-refractivity contribution in [3.05, 3.63) is 0 Å². The van der Waals surface area contributed by atoms with Crippen molar-refractivity contribution in [1.82, 2.24) is 0 Å². The molecule has 2 heteroatoms. The number of hydrogen-bond acceptors (Lipinski definition) is 1. The predicted molar refractivity (Wildman–Crippen MR) is 60.4 cm³/mol. The largest absolute Gasteiger partial charge is 0.392 e. The van der Waals surface area contributed by atoms with Gasteiger partial charge in [-0.2, -0.15) is 0 Å². The number of hydrogen-bond donors (Lipinski definition) is 1. The van der Waals surface area contributed by atoms with E-state index < -0.39 is 0 Å². The Morgan fingerprint density at radius 3 is 2.40 bits per heavy atom. The molecule has 0 unspecified atom stereocenters. The van der Waals surface area contributed by atoms with E-state index >= 15 is 0 Å². The van der Waals surface area contributed by atoms with E-state index in [0.29, 0.717) is 11.8 Å². The van der Waals surface area contributed by atoms with Crippen molar-refractivity contribution >= 4 is 0 Å². The fourth-order valence-electron chi connectivity index (χ4n) is 4.60. The SMILES string of the molecule is C[N+]1([C@@H]2CC[C@@H]3CC[C@H]2[C@H]3O)CCCC1. The number of aliphatic hydroxyl groups excluding tert-OH is 1. The third kappa shape index (κ3) is 1.45. The van der Waals surface area contributed by atoms with Gasteiger partial charge in [-0.15, -0.1) is 0 Å². The lowest BCUT2D eigenvalue weighted by Crippen LogP contribution is -2.56. The molecule has 0 aromatic rings. The van der Waals surface area contributed by atoms with Gasteiger partial charge < -0.3 is 9.59 Å². The molecule has 86 valence electrons. The van der Waals surface area contributed by atoms with Gasteiger partial charge in [0.1, 0.15) is 0 Å². The van der Waals surface area contributed by atoms with Gasteiger partial charge in [0.2, 0.25) is 0 Å². The molecule has 0 aromatic heterocycles. The van der Waals surface area contributed by atoms with Gasteiger partial charge in [-0.25, -0.2) is 0 Å². The van der Waals surface area contributed by atoms with Crippen LogP contribution in [0.4, 0.5) is 0 Å². The minimum absolute atomic E-state index is 0.0410. The Kier molecular flexibility index (Phi) is 2.33. The average Bonchev–Trinajstić information content (AvgIpc) is 2.72. The van der Waals surface area contributed by atoms with Crippen molar-refractivity contribution in [2.24, 2.45) is 11.8 Å². The van der Waals surface area contributed by atoms with Gasteiger partial charge in [0.25, 0.3) is 0 Å². The van der Waals surface area contributed by atoms with Crippen LogP contribution < -0.4 is 0 Å². The van der Waals surface area contributed by atoms with Crippen molar-refractivity contribution in [1.29, 1.82) is 0 Å². The molecule has 15 heavy (non-hydrogen) atoms. The zero-order chi connectivity index (χ0) is 10.5. The van der Waals surface area contributed by atoms with E-state index in [9.17, 15) is 5.11 Å². The molecule has 2 nitrogen and oxygen atoms in total. The second-order valence-corrected chi connectivity index (χ2v) is 6.27. The molecule has 3 rings (SSSR count). The highest BCUT2D eigenvalue weighted by Crippen LogP contribution is 2.46. The maximum absolute atomic E-state index is 10.2. The Bertz CT molecular complexity index is 247. The van der Waals surface area contributed by atoms with E-state index in [1.54, 1.807) is 0 Å². The number of fused-ring (bicyclic) bond motifs is 2. The van der Waals surface area contributed by atoms with E-state index in [0.717, 1.165) is 6.04 Å². The van der Waals surface area contributed by atoms with E-state index in [-0.39, 0.29) is 6.10 Å². The van der Waals surface area contributed by atoms with Crippen LogP contribution in [0.5, 0.6) is 0 Å². The third-order valence-electron chi connectivity index (χ3n) is 5.51. The van der Waals surface area contributed by atoms with Gasteiger partial charge in [-0.05, 0) is 25.2 Å². The van der Waals surface area contributed by atoms with Crippen LogP contribution in [0.25, 0.3) is 0 Å². The van der Waals surface area contributed by atoms with E-state index in [2.05, 4.69) is 7.05 Å². The second-order valence-electron chi connectivity index (χ2n) is 6.27. The smallest absolute Gasteiger partial charge is 0.0941 e. The molecule has 0 aromatic carbocycles. The summed E-state index contributed by atoms with van der Waals surface area (Å²) in [4.78, 5) is 0. The van der Waals surface area contributed by atoms with Crippen molar-refractivity contribution in [3.63, 3.8) is 0 Å². The fraction of sp³-hybridized carbons (Fsp3) is 1.00. The number of quaternary nitrogens is 1. The first kappa shape index (κ1) is 10.1. The third-order valence-corrected chi connectivity index (χ3v) is 5.51. The molecule has 3 aliphatic rings. The minimum atomic E-state index is 0.0410. The van der Waals surface area contributed by atoms with Gasteiger partial charge in [0.15, 0.2) is 0 Å². The van der Waals surface area contributed by atoms with Gasteiger partial charge >= 0.3 is 0 Å². The maximum atomic E-state index is 10.2. The van der Waals surface area contributed by atoms with Crippen molar-refractivity contribution in [3.8, 4) is 0 Å². The summed E-state index contributed by atoms with van der Waals surface area (Å²) in [6.07, 6.45) is 8.10. The van der Waals surface area contributed by atoms with E-state index in [1.807, 2.05) is 0 Å². The van der Waals surface area contributed by atoms with Crippen LogP contribution >= 0.6 is 0 Å². The zero-order valence-electron chi connectivity index (χ0n) is 9.86. The fourth-order valence-corrected chi connectivity index (χ4v) is 4.60. The topological polar surface area (TPSA) is 20.2 Å². The zero-order valence-corrected chi connectivity index (χ0v) is 9.86. The molecular weight excluding hydrogens is 186 g/mol. The molecule has 1 saturated heterocycles. The van der Waals surface area contributed by atoms with Gasteiger partial charge in [0, 0.05) is 25.2 Å². The van der Waals surface area contributed by atoms with E-state index in [1.165, 1.54) is 56.1 Å². The highest BCUT2D eigenvalue weighted by molar-refractivity contribution is 4.94. The number of likely N-dealkylation sites (tertiary alicyclic amines) is 1.